The number of allylic oxidation sites excluding steroid dienone is 1. The molecule has 1 aromatic heterocycles. The van der Waals surface area contributed by atoms with Gasteiger partial charge in [0.05, 0.1) is 11.7 Å². The molecule has 2 aliphatic carbocycles. The molecule has 0 spiro atoms. The van der Waals surface area contributed by atoms with Gasteiger partial charge in [0.25, 0.3) is 0 Å². The molecular formula is C22H25FN2O2. The molecule has 5 heteroatoms. The lowest BCUT2D eigenvalue weighted by Gasteiger charge is -2.25. The van der Waals surface area contributed by atoms with Crippen LogP contribution in [0, 0.1) is 5.82 Å². The Kier molecular flexibility index (Phi) is 5.10. The van der Waals surface area contributed by atoms with Gasteiger partial charge in [-0.2, -0.15) is 5.10 Å². The van der Waals surface area contributed by atoms with E-state index < -0.39 is 5.97 Å². The second-order valence-electron chi connectivity index (χ2n) is 7.65. The Bertz CT molecular complexity index is 861. The van der Waals surface area contributed by atoms with Crippen LogP contribution in [0.5, 0.6) is 0 Å². The van der Waals surface area contributed by atoms with E-state index in [0.717, 1.165) is 60.9 Å². The first kappa shape index (κ1) is 18.0. The molecule has 1 heterocycles. The lowest BCUT2D eigenvalue weighted by molar-refractivity contribution is 0.0687. The molecule has 142 valence electrons. The maximum atomic E-state index is 13.3. The van der Waals surface area contributed by atoms with Gasteiger partial charge >= 0.3 is 5.97 Å². The Morgan fingerprint density at radius 3 is 2.48 bits per heavy atom. The van der Waals surface area contributed by atoms with Gasteiger partial charge in [0, 0.05) is 5.56 Å². The zero-order valence-corrected chi connectivity index (χ0v) is 15.5. The number of rotatable bonds is 3. The van der Waals surface area contributed by atoms with Crippen LogP contribution in [0.4, 0.5) is 4.39 Å². The van der Waals surface area contributed by atoms with Crippen molar-refractivity contribution in [1.82, 2.24) is 9.78 Å². The summed E-state index contributed by atoms with van der Waals surface area (Å²) in [4.78, 5) is 11.8. The standard InChI is InChI=1S/C22H25FN2O2/c23-17-12-10-15(11-13-17)14-16-6-4-5-9-19-20(22(26)27)24-25(21(16)19)18-7-2-1-3-8-18/h10-14,18H,1-9H2,(H,26,27). The third-order valence-electron chi connectivity index (χ3n) is 5.77. The van der Waals surface area contributed by atoms with Gasteiger partial charge < -0.3 is 5.11 Å². The number of hydrogen-bond donors (Lipinski definition) is 1. The summed E-state index contributed by atoms with van der Waals surface area (Å²) in [6, 6.07) is 6.74. The Morgan fingerprint density at radius 2 is 1.78 bits per heavy atom. The second kappa shape index (κ2) is 7.67. The predicted molar refractivity (Wildman–Crippen MR) is 103 cm³/mol. The van der Waals surface area contributed by atoms with Gasteiger partial charge in [-0.3, -0.25) is 4.68 Å². The highest BCUT2D eigenvalue weighted by molar-refractivity contribution is 5.91. The molecule has 2 aliphatic rings. The van der Waals surface area contributed by atoms with Crippen LogP contribution in [-0.2, 0) is 6.42 Å². The summed E-state index contributed by atoms with van der Waals surface area (Å²) in [5, 5.41) is 14.3. The fourth-order valence-electron chi connectivity index (χ4n) is 4.44. The van der Waals surface area contributed by atoms with E-state index in [-0.39, 0.29) is 17.6 Å². The van der Waals surface area contributed by atoms with Crippen LogP contribution >= 0.6 is 0 Å². The van der Waals surface area contributed by atoms with Crippen LogP contribution < -0.4 is 0 Å². The molecule has 0 bridgehead atoms. The number of halogens is 1. The Balaban J connectivity index is 1.84. The number of benzene rings is 1. The van der Waals surface area contributed by atoms with Gasteiger partial charge in [0.1, 0.15) is 5.82 Å². The largest absolute Gasteiger partial charge is 0.476 e. The Labute approximate surface area is 158 Å². The van der Waals surface area contributed by atoms with Crippen molar-refractivity contribution >= 4 is 17.6 Å². The van der Waals surface area contributed by atoms with Crippen molar-refractivity contribution in [3.63, 3.8) is 0 Å². The average molecular weight is 368 g/mol. The van der Waals surface area contributed by atoms with E-state index in [2.05, 4.69) is 11.2 Å². The van der Waals surface area contributed by atoms with E-state index in [1.807, 2.05) is 4.68 Å². The molecule has 1 saturated carbocycles. The number of aromatic carboxylic acids is 1. The number of nitrogens with zero attached hydrogens (tertiary/aromatic N) is 2. The summed E-state index contributed by atoms with van der Waals surface area (Å²) < 4.78 is 15.3. The first-order chi connectivity index (χ1) is 13.1. The highest BCUT2D eigenvalue weighted by atomic mass is 19.1. The summed E-state index contributed by atoms with van der Waals surface area (Å²) in [5.41, 5.74) is 4.15. The van der Waals surface area contributed by atoms with E-state index >= 15 is 0 Å². The summed E-state index contributed by atoms with van der Waals surface area (Å²) in [6.07, 6.45) is 11.4. The first-order valence-electron chi connectivity index (χ1n) is 9.94. The molecule has 4 rings (SSSR count). The van der Waals surface area contributed by atoms with Crippen molar-refractivity contribution in [3.05, 3.63) is 52.6 Å². The fourth-order valence-corrected chi connectivity index (χ4v) is 4.44. The van der Waals surface area contributed by atoms with Gasteiger partial charge in [-0.15, -0.1) is 0 Å². The fraction of sp³-hybridized carbons (Fsp3) is 0.455. The van der Waals surface area contributed by atoms with Crippen molar-refractivity contribution in [3.8, 4) is 0 Å². The molecule has 4 nitrogen and oxygen atoms in total. The lowest BCUT2D eigenvalue weighted by Crippen LogP contribution is -2.17. The van der Waals surface area contributed by atoms with Gasteiger partial charge in [0.2, 0.25) is 0 Å². The number of carboxylic acids is 1. The molecule has 1 N–H and O–H groups in total. The number of carboxylic acid groups (broad SMARTS) is 1. The molecule has 0 atom stereocenters. The van der Waals surface area contributed by atoms with Gasteiger partial charge in [-0.05, 0) is 67.9 Å². The third-order valence-corrected chi connectivity index (χ3v) is 5.77. The molecule has 1 aromatic carbocycles. The van der Waals surface area contributed by atoms with E-state index in [9.17, 15) is 14.3 Å². The van der Waals surface area contributed by atoms with E-state index in [0.29, 0.717) is 0 Å². The first-order valence-corrected chi connectivity index (χ1v) is 9.94. The van der Waals surface area contributed by atoms with E-state index in [1.165, 1.54) is 31.4 Å². The maximum Gasteiger partial charge on any atom is 0.356 e. The van der Waals surface area contributed by atoms with Crippen LogP contribution in [0.25, 0.3) is 11.6 Å². The summed E-state index contributed by atoms with van der Waals surface area (Å²) >= 11 is 0. The molecule has 2 aromatic rings. The quantitative estimate of drug-likeness (QED) is 0.729. The van der Waals surface area contributed by atoms with E-state index in [4.69, 9.17) is 0 Å². The molecule has 0 saturated heterocycles. The normalized spacial score (nSPS) is 19.7. The number of fused-ring (bicyclic) bond motifs is 1. The molecule has 27 heavy (non-hydrogen) atoms. The van der Waals surface area contributed by atoms with Crippen LogP contribution in [0.1, 0.15) is 84.7 Å². The molecule has 0 amide bonds. The predicted octanol–water partition coefficient (Wildman–Crippen LogP) is 5.49. The molecule has 0 aliphatic heterocycles. The second-order valence-corrected chi connectivity index (χ2v) is 7.65. The summed E-state index contributed by atoms with van der Waals surface area (Å²) in [6.45, 7) is 0. The molecule has 1 fully saturated rings. The molecule has 0 unspecified atom stereocenters. The van der Waals surface area contributed by atoms with Gasteiger partial charge in [-0.1, -0.05) is 31.4 Å². The monoisotopic (exact) mass is 368 g/mol. The van der Waals surface area contributed by atoms with Gasteiger partial charge in [-0.25, -0.2) is 9.18 Å². The zero-order valence-electron chi connectivity index (χ0n) is 15.5. The van der Waals surface area contributed by atoms with Crippen molar-refractivity contribution in [2.75, 3.05) is 0 Å². The van der Waals surface area contributed by atoms with Crippen molar-refractivity contribution in [2.45, 2.75) is 63.8 Å². The van der Waals surface area contributed by atoms with Crippen molar-refractivity contribution in [1.29, 1.82) is 0 Å². The van der Waals surface area contributed by atoms with Crippen LogP contribution in [0.2, 0.25) is 0 Å². The zero-order chi connectivity index (χ0) is 18.8. The van der Waals surface area contributed by atoms with E-state index in [1.54, 1.807) is 12.1 Å². The van der Waals surface area contributed by atoms with Crippen LogP contribution in [0.3, 0.4) is 0 Å². The number of carbonyl (C=O) groups is 1. The molecule has 0 radical (unpaired) electrons. The summed E-state index contributed by atoms with van der Waals surface area (Å²) in [7, 11) is 0. The smallest absolute Gasteiger partial charge is 0.356 e. The van der Waals surface area contributed by atoms with Crippen molar-refractivity contribution in [2.24, 2.45) is 0 Å². The van der Waals surface area contributed by atoms with Gasteiger partial charge in [0.15, 0.2) is 5.69 Å². The van der Waals surface area contributed by atoms with Crippen LogP contribution in [0.15, 0.2) is 24.3 Å². The lowest BCUT2D eigenvalue weighted by atomic mass is 9.94. The minimum atomic E-state index is -0.941. The maximum absolute atomic E-state index is 13.3. The minimum Gasteiger partial charge on any atom is -0.476 e. The Hall–Kier alpha value is -2.43. The number of aromatic nitrogens is 2. The number of hydrogen-bond acceptors (Lipinski definition) is 2. The third kappa shape index (κ3) is 3.68. The average Bonchev–Trinajstić information content (AvgIpc) is 2.95. The SMILES string of the molecule is O=C(O)c1nn(C2CCCCC2)c2c1CCCCC2=Cc1ccc(F)cc1. The highest BCUT2D eigenvalue weighted by Gasteiger charge is 2.29. The minimum absolute atomic E-state index is 0.211. The molecular weight excluding hydrogens is 343 g/mol. The van der Waals surface area contributed by atoms with Crippen molar-refractivity contribution < 1.29 is 14.3 Å². The van der Waals surface area contributed by atoms with Crippen LogP contribution in [-0.4, -0.2) is 20.9 Å². The topological polar surface area (TPSA) is 55.1 Å². The summed E-state index contributed by atoms with van der Waals surface area (Å²) in [5.74, 6) is -1.19. The Morgan fingerprint density at radius 1 is 1.07 bits per heavy atom. The highest BCUT2D eigenvalue weighted by Crippen LogP contribution is 2.38.